The summed E-state index contributed by atoms with van der Waals surface area (Å²) in [6, 6.07) is 5.32. The van der Waals surface area contributed by atoms with Crippen LogP contribution < -0.4 is 5.32 Å². The van der Waals surface area contributed by atoms with Crippen LogP contribution in [0.2, 0.25) is 5.02 Å². The SMILES string of the molecule is COC(=O)Nc1nc2ccc(Cl)cc2n1C. The first-order valence-corrected chi connectivity index (χ1v) is 4.96. The van der Waals surface area contributed by atoms with Crippen LogP contribution in [0.5, 0.6) is 0 Å². The number of halogens is 1. The predicted octanol–water partition coefficient (Wildman–Crippen LogP) is 2.41. The van der Waals surface area contributed by atoms with Crippen LogP contribution in [0.3, 0.4) is 0 Å². The van der Waals surface area contributed by atoms with Crippen molar-refractivity contribution < 1.29 is 9.53 Å². The molecule has 0 fully saturated rings. The molecule has 0 aliphatic rings. The molecule has 1 heterocycles. The van der Waals surface area contributed by atoms with Crippen LogP contribution in [0.1, 0.15) is 0 Å². The smallest absolute Gasteiger partial charge is 0.413 e. The Balaban J connectivity index is 2.48. The first-order chi connectivity index (χ1) is 7.61. The number of aromatic nitrogens is 2. The van der Waals surface area contributed by atoms with E-state index in [1.165, 1.54) is 7.11 Å². The minimum atomic E-state index is -0.551. The maximum Gasteiger partial charge on any atom is 0.413 e. The number of nitrogens with one attached hydrogen (secondary N) is 1. The Hall–Kier alpha value is -1.75. The van der Waals surface area contributed by atoms with E-state index in [0.29, 0.717) is 11.0 Å². The monoisotopic (exact) mass is 239 g/mol. The first kappa shape index (κ1) is 10.8. The molecule has 0 aliphatic carbocycles. The lowest BCUT2D eigenvalue weighted by atomic mass is 10.3. The fourth-order valence-corrected chi connectivity index (χ4v) is 1.58. The van der Waals surface area contributed by atoms with E-state index in [1.807, 2.05) is 0 Å². The van der Waals surface area contributed by atoms with E-state index in [4.69, 9.17) is 11.6 Å². The molecule has 16 heavy (non-hydrogen) atoms. The van der Waals surface area contributed by atoms with Gasteiger partial charge in [0.2, 0.25) is 5.95 Å². The molecule has 1 aromatic heterocycles. The number of aryl methyl sites for hydroxylation is 1. The molecule has 6 heteroatoms. The Morgan fingerprint density at radius 1 is 1.56 bits per heavy atom. The molecule has 2 aromatic rings. The first-order valence-electron chi connectivity index (χ1n) is 4.59. The highest BCUT2D eigenvalue weighted by Gasteiger charge is 2.10. The molecule has 0 atom stereocenters. The van der Waals surface area contributed by atoms with Gasteiger partial charge in [-0.1, -0.05) is 11.6 Å². The normalized spacial score (nSPS) is 10.4. The Bertz CT molecular complexity index is 550. The number of rotatable bonds is 1. The molecule has 0 unspecified atom stereocenters. The Morgan fingerprint density at radius 2 is 2.31 bits per heavy atom. The minimum Gasteiger partial charge on any atom is -0.453 e. The van der Waals surface area contributed by atoms with Crippen LogP contribution in [0.4, 0.5) is 10.7 Å². The van der Waals surface area contributed by atoms with Crippen LogP contribution in [0.15, 0.2) is 18.2 Å². The van der Waals surface area contributed by atoms with Gasteiger partial charge in [-0.2, -0.15) is 0 Å². The van der Waals surface area contributed by atoms with Gasteiger partial charge in [-0.15, -0.1) is 0 Å². The van der Waals surface area contributed by atoms with Crippen molar-refractivity contribution in [2.75, 3.05) is 12.4 Å². The lowest BCUT2D eigenvalue weighted by molar-refractivity contribution is 0.186. The summed E-state index contributed by atoms with van der Waals surface area (Å²) in [6.07, 6.45) is -0.551. The Morgan fingerprint density at radius 3 is 3.00 bits per heavy atom. The quantitative estimate of drug-likeness (QED) is 0.831. The Kier molecular flexibility index (Phi) is 2.70. The summed E-state index contributed by atoms with van der Waals surface area (Å²) in [5, 5.41) is 3.14. The highest BCUT2D eigenvalue weighted by Crippen LogP contribution is 2.21. The minimum absolute atomic E-state index is 0.420. The molecule has 2 rings (SSSR count). The number of benzene rings is 1. The number of hydrogen-bond acceptors (Lipinski definition) is 3. The summed E-state index contributed by atoms with van der Waals surface area (Å²) in [6.45, 7) is 0. The van der Waals surface area contributed by atoms with Gasteiger partial charge in [-0.25, -0.2) is 9.78 Å². The van der Waals surface area contributed by atoms with Gasteiger partial charge in [0, 0.05) is 12.1 Å². The van der Waals surface area contributed by atoms with Crippen LogP contribution in [0, 0.1) is 0 Å². The molecule has 0 bridgehead atoms. The van der Waals surface area contributed by atoms with E-state index < -0.39 is 6.09 Å². The van der Waals surface area contributed by atoms with Gasteiger partial charge in [0.25, 0.3) is 0 Å². The maximum atomic E-state index is 11.1. The number of carbonyl (C=O) groups excluding carboxylic acids is 1. The van der Waals surface area contributed by atoms with Crippen molar-refractivity contribution in [3.8, 4) is 0 Å². The van der Waals surface area contributed by atoms with Crippen molar-refractivity contribution in [3.05, 3.63) is 23.2 Å². The van der Waals surface area contributed by atoms with Gasteiger partial charge in [0.05, 0.1) is 18.1 Å². The van der Waals surface area contributed by atoms with Gasteiger partial charge in [0.1, 0.15) is 0 Å². The van der Waals surface area contributed by atoms with E-state index in [0.717, 1.165) is 11.0 Å². The third kappa shape index (κ3) is 1.81. The molecule has 84 valence electrons. The third-order valence-corrected chi connectivity index (χ3v) is 2.48. The van der Waals surface area contributed by atoms with E-state index in [9.17, 15) is 4.79 Å². The second-order valence-corrected chi connectivity index (χ2v) is 3.68. The lowest BCUT2D eigenvalue weighted by Crippen LogP contribution is -2.14. The molecule has 0 spiro atoms. The average molecular weight is 240 g/mol. The number of amides is 1. The van der Waals surface area contributed by atoms with Crippen molar-refractivity contribution in [2.24, 2.45) is 7.05 Å². The zero-order valence-corrected chi connectivity index (χ0v) is 9.58. The Labute approximate surface area is 97.0 Å². The standard InChI is InChI=1S/C10H10ClN3O2/c1-14-8-5-6(11)3-4-7(8)12-9(14)13-10(15)16-2/h3-5H,1-2H3,(H,12,13,15). The molecule has 1 N–H and O–H groups in total. The summed E-state index contributed by atoms with van der Waals surface area (Å²) in [5.74, 6) is 0.420. The van der Waals surface area contributed by atoms with Crippen molar-refractivity contribution in [2.45, 2.75) is 0 Å². The van der Waals surface area contributed by atoms with E-state index in [-0.39, 0.29) is 0 Å². The molecule has 1 amide bonds. The number of ether oxygens (including phenoxy) is 1. The van der Waals surface area contributed by atoms with Crippen molar-refractivity contribution >= 4 is 34.7 Å². The van der Waals surface area contributed by atoms with Crippen molar-refractivity contribution in [3.63, 3.8) is 0 Å². The number of imidazole rings is 1. The van der Waals surface area contributed by atoms with Gasteiger partial charge in [-0.05, 0) is 18.2 Å². The molecule has 0 saturated heterocycles. The number of carbonyl (C=O) groups is 1. The van der Waals surface area contributed by atoms with Crippen LogP contribution in [0.25, 0.3) is 11.0 Å². The highest BCUT2D eigenvalue weighted by molar-refractivity contribution is 6.31. The summed E-state index contributed by atoms with van der Waals surface area (Å²) in [5.41, 5.74) is 1.61. The summed E-state index contributed by atoms with van der Waals surface area (Å²) < 4.78 is 6.23. The lowest BCUT2D eigenvalue weighted by Gasteiger charge is -2.02. The highest BCUT2D eigenvalue weighted by atomic mass is 35.5. The zero-order valence-electron chi connectivity index (χ0n) is 8.82. The molecule has 1 aromatic carbocycles. The van der Waals surface area contributed by atoms with Gasteiger partial charge < -0.3 is 9.30 Å². The van der Waals surface area contributed by atoms with Crippen molar-refractivity contribution in [1.29, 1.82) is 0 Å². The molecular formula is C10H10ClN3O2. The maximum absolute atomic E-state index is 11.1. The fraction of sp³-hybridized carbons (Fsp3) is 0.200. The summed E-state index contributed by atoms with van der Waals surface area (Å²) in [4.78, 5) is 15.3. The molecule has 0 saturated carbocycles. The summed E-state index contributed by atoms with van der Waals surface area (Å²) in [7, 11) is 3.09. The molecule has 0 radical (unpaired) electrons. The number of anilines is 1. The van der Waals surface area contributed by atoms with E-state index in [2.05, 4.69) is 15.0 Å². The number of methoxy groups -OCH3 is 1. The third-order valence-electron chi connectivity index (χ3n) is 2.24. The number of nitrogens with zero attached hydrogens (tertiary/aromatic N) is 2. The molecular weight excluding hydrogens is 230 g/mol. The van der Waals surface area contributed by atoms with Gasteiger partial charge in [0.15, 0.2) is 0 Å². The molecule has 0 aliphatic heterocycles. The van der Waals surface area contributed by atoms with Crippen LogP contribution >= 0.6 is 11.6 Å². The second kappa shape index (κ2) is 4.02. The zero-order chi connectivity index (χ0) is 11.7. The van der Waals surface area contributed by atoms with Gasteiger partial charge in [-0.3, -0.25) is 5.32 Å². The van der Waals surface area contributed by atoms with E-state index in [1.54, 1.807) is 29.8 Å². The van der Waals surface area contributed by atoms with Crippen LogP contribution in [-0.4, -0.2) is 22.8 Å². The second-order valence-electron chi connectivity index (χ2n) is 3.24. The largest absolute Gasteiger partial charge is 0.453 e. The van der Waals surface area contributed by atoms with Gasteiger partial charge >= 0.3 is 6.09 Å². The summed E-state index contributed by atoms with van der Waals surface area (Å²) >= 11 is 5.88. The van der Waals surface area contributed by atoms with Crippen molar-refractivity contribution in [1.82, 2.24) is 9.55 Å². The fourth-order valence-electron chi connectivity index (χ4n) is 1.42. The predicted molar refractivity (Wildman–Crippen MR) is 61.8 cm³/mol. The number of fused-ring (bicyclic) bond motifs is 1. The molecule has 5 nitrogen and oxygen atoms in total. The number of hydrogen-bond donors (Lipinski definition) is 1. The van der Waals surface area contributed by atoms with E-state index >= 15 is 0 Å². The topological polar surface area (TPSA) is 56.1 Å². The average Bonchev–Trinajstić information content (AvgIpc) is 2.56. The van der Waals surface area contributed by atoms with Crippen LogP contribution in [-0.2, 0) is 11.8 Å².